The summed E-state index contributed by atoms with van der Waals surface area (Å²) in [7, 11) is 0. The molecule has 0 aromatic rings. The van der Waals surface area contributed by atoms with E-state index in [9.17, 15) is 9.59 Å². The first-order valence-electron chi connectivity index (χ1n) is 6.01. The third kappa shape index (κ3) is 2.58. The van der Waals surface area contributed by atoms with Gasteiger partial charge in [0, 0.05) is 18.9 Å². The molecule has 1 heterocycles. The molecule has 1 unspecified atom stereocenters. The fourth-order valence-electron chi connectivity index (χ4n) is 2.33. The van der Waals surface area contributed by atoms with Gasteiger partial charge >= 0.3 is 0 Å². The topological polar surface area (TPSA) is 37.4 Å². The van der Waals surface area contributed by atoms with Crippen LogP contribution in [0.1, 0.15) is 39.0 Å². The minimum Gasteiger partial charge on any atom is -0.335 e. The van der Waals surface area contributed by atoms with Crippen molar-refractivity contribution < 1.29 is 9.59 Å². The molecule has 1 aliphatic carbocycles. The molecule has 1 aliphatic heterocycles. The first-order valence-corrected chi connectivity index (χ1v) is 6.01. The Balaban J connectivity index is 1.82. The number of rotatable bonds is 5. The summed E-state index contributed by atoms with van der Waals surface area (Å²) in [5, 5.41) is 0. The van der Waals surface area contributed by atoms with E-state index in [0.717, 1.165) is 32.2 Å². The molecule has 0 bridgehead atoms. The van der Waals surface area contributed by atoms with Crippen LogP contribution in [0.2, 0.25) is 0 Å². The number of Topliss-reactive ketones (excluding diaryl/α,β-unsaturated/α-hetero) is 1. The first-order chi connectivity index (χ1) is 7.20. The predicted molar refractivity (Wildman–Crippen MR) is 57.3 cm³/mol. The smallest absolute Gasteiger partial charge is 0.223 e. The zero-order chi connectivity index (χ0) is 10.8. The van der Waals surface area contributed by atoms with Gasteiger partial charge in [-0.1, -0.05) is 13.3 Å². The molecule has 0 aromatic heterocycles. The molecule has 84 valence electrons. The maximum atomic E-state index is 11.6. The van der Waals surface area contributed by atoms with Gasteiger partial charge in [0.1, 0.15) is 0 Å². The van der Waals surface area contributed by atoms with E-state index >= 15 is 0 Å². The van der Waals surface area contributed by atoms with E-state index in [1.807, 2.05) is 0 Å². The van der Waals surface area contributed by atoms with Gasteiger partial charge in [0.15, 0.2) is 5.78 Å². The van der Waals surface area contributed by atoms with Crippen LogP contribution >= 0.6 is 0 Å². The summed E-state index contributed by atoms with van der Waals surface area (Å²) in [5.41, 5.74) is 0. The Bertz CT molecular complexity index is 271. The molecule has 0 aromatic carbocycles. The molecule has 3 heteroatoms. The van der Waals surface area contributed by atoms with Crippen LogP contribution in [-0.4, -0.2) is 29.7 Å². The van der Waals surface area contributed by atoms with Gasteiger partial charge in [0.05, 0.1) is 6.54 Å². The van der Waals surface area contributed by atoms with E-state index in [4.69, 9.17) is 0 Å². The summed E-state index contributed by atoms with van der Waals surface area (Å²) in [6.45, 7) is 3.33. The van der Waals surface area contributed by atoms with E-state index in [1.165, 1.54) is 0 Å². The van der Waals surface area contributed by atoms with Crippen molar-refractivity contribution in [3.05, 3.63) is 0 Å². The summed E-state index contributed by atoms with van der Waals surface area (Å²) in [5.74, 6) is 1.24. The van der Waals surface area contributed by atoms with Crippen LogP contribution < -0.4 is 0 Å². The van der Waals surface area contributed by atoms with Gasteiger partial charge in [0.2, 0.25) is 5.91 Å². The van der Waals surface area contributed by atoms with Gasteiger partial charge < -0.3 is 4.90 Å². The Morgan fingerprint density at radius 3 is 2.80 bits per heavy atom. The highest BCUT2D eigenvalue weighted by molar-refractivity contribution is 5.89. The lowest BCUT2D eigenvalue weighted by Crippen LogP contribution is -2.32. The Labute approximate surface area is 90.8 Å². The number of likely N-dealkylation sites (tertiary alicyclic amines) is 1. The fourth-order valence-corrected chi connectivity index (χ4v) is 2.33. The first kappa shape index (κ1) is 10.7. The number of hydrogen-bond donors (Lipinski definition) is 0. The number of amides is 1. The average Bonchev–Trinajstić information content (AvgIpc) is 2.95. The second-order valence-electron chi connectivity index (χ2n) is 4.87. The molecule has 1 amide bonds. The Morgan fingerprint density at radius 1 is 1.47 bits per heavy atom. The summed E-state index contributed by atoms with van der Waals surface area (Å²) in [6, 6.07) is 0. The average molecular weight is 209 g/mol. The van der Waals surface area contributed by atoms with Crippen molar-refractivity contribution >= 4 is 11.7 Å². The monoisotopic (exact) mass is 209 g/mol. The lowest BCUT2D eigenvalue weighted by Gasteiger charge is -2.15. The van der Waals surface area contributed by atoms with Crippen molar-refractivity contribution in [3.8, 4) is 0 Å². The van der Waals surface area contributed by atoms with Gasteiger partial charge in [-0.05, 0) is 25.2 Å². The van der Waals surface area contributed by atoms with Gasteiger partial charge in [-0.2, -0.15) is 0 Å². The van der Waals surface area contributed by atoms with Crippen LogP contribution in [0.15, 0.2) is 0 Å². The molecule has 1 saturated heterocycles. The minimum absolute atomic E-state index is 0.183. The van der Waals surface area contributed by atoms with E-state index in [-0.39, 0.29) is 17.6 Å². The van der Waals surface area contributed by atoms with Crippen molar-refractivity contribution in [3.63, 3.8) is 0 Å². The molecular formula is C12H19NO2. The molecule has 2 fully saturated rings. The SMILES string of the molecule is CCCC1CC(=O)N(CC(=O)C2CC2)C1. The summed E-state index contributed by atoms with van der Waals surface area (Å²) in [6.07, 6.45) is 4.98. The maximum absolute atomic E-state index is 11.6. The van der Waals surface area contributed by atoms with Crippen molar-refractivity contribution in [2.75, 3.05) is 13.1 Å². The van der Waals surface area contributed by atoms with Crippen LogP contribution in [0.25, 0.3) is 0 Å². The predicted octanol–water partition coefficient (Wildman–Crippen LogP) is 1.61. The zero-order valence-electron chi connectivity index (χ0n) is 9.37. The summed E-state index contributed by atoms with van der Waals surface area (Å²) in [4.78, 5) is 25.0. The summed E-state index contributed by atoms with van der Waals surface area (Å²) < 4.78 is 0. The quantitative estimate of drug-likeness (QED) is 0.690. The minimum atomic E-state index is 0.183. The van der Waals surface area contributed by atoms with Crippen LogP contribution in [0.4, 0.5) is 0 Å². The van der Waals surface area contributed by atoms with Crippen molar-refractivity contribution in [2.45, 2.75) is 39.0 Å². The third-order valence-corrected chi connectivity index (χ3v) is 3.37. The molecule has 1 saturated carbocycles. The second-order valence-corrected chi connectivity index (χ2v) is 4.87. The Hall–Kier alpha value is -0.860. The van der Waals surface area contributed by atoms with Crippen molar-refractivity contribution in [1.82, 2.24) is 4.90 Å². The molecule has 0 radical (unpaired) electrons. The molecule has 2 aliphatic rings. The number of ketones is 1. The number of carbonyl (C=O) groups excluding carboxylic acids is 2. The van der Waals surface area contributed by atoms with Crippen molar-refractivity contribution in [1.29, 1.82) is 0 Å². The molecular weight excluding hydrogens is 190 g/mol. The van der Waals surface area contributed by atoms with Crippen LogP contribution in [0.3, 0.4) is 0 Å². The van der Waals surface area contributed by atoms with E-state index < -0.39 is 0 Å². The van der Waals surface area contributed by atoms with Crippen LogP contribution in [0, 0.1) is 11.8 Å². The van der Waals surface area contributed by atoms with Crippen molar-refractivity contribution in [2.24, 2.45) is 11.8 Å². The highest BCUT2D eigenvalue weighted by Gasteiger charge is 2.35. The zero-order valence-corrected chi connectivity index (χ0v) is 9.37. The molecule has 0 N–H and O–H groups in total. The third-order valence-electron chi connectivity index (χ3n) is 3.37. The largest absolute Gasteiger partial charge is 0.335 e. The maximum Gasteiger partial charge on any atom is 0.223 e. The lowest BCUT2D eigenvalue weighted by molar-refractivity contribution is -0.132. The molecule has 1 atom stereocenters. The Morgan fingerprint density at radius 2 is 2.20 bits per heavy atom. The normalized spacial score (nSPS) is 26.1. The van der Waals surface area contributed by atoms with E-state index in [0.29, 0.717) is 18.9 Å². The number of carbonyl (C=O) groups is 2. The highest BCUT2D eigenvalue weighted by atomic mass is 16.2. The van der Waals surface area contributed by atoms with E-state index in [1.54, 1.807) is 4.90 Å². The van der Waals surface area contributed by atoms with Crippen LogP contribution in [0.5, 0.6) is 0 Å². The van der Waals surface area contributed by atoms with Crippen LogP contribution in [-0.2, 0) is 9.59 Å². The lowest BCUT2D eigenvalue weighted by atomic mass is 10.0. The molecule has 2 rings (SSSR count). The molecule has 15 heavy (non-hydrogen) atoms. The molecule has 3 nitrogen and oxygen atoms in total. The van der Waals surface area contributed by atoms with E-state index in [2.05, 4.69) is 6.92 Å². The Kier molecular flexibility index (Phi) is 3.08. The summed E-state index contributed by atoms with van der Waals surface area (Å²) >= 11 is 0. The van der Waals surface area contributed by atoms with Gasteiger partial charge in [0.25, 0.3) is 0 Å². The molecule has 0 spiro atoms. The standard InChI is InChI=1S/C12H19NO2/c1-2-3-9-6-12(15)13(7-9)8-11(14)10-4-5-10/h9-10H,2-8H2,1H3. The second kappa shape index (κ2) is 4.33. The number of hydrogen-bond acceptors (Lipinski definition) is 2. The number of nitrogens with zero attached hydrogens (tertiary/aromatic N) is 1. The van der Waals surface area contributed by atoms with Gasteiger partial charge in [-0.15, -0.1) is 0 Å². The fraction of sp³-hybridized carbons (Fsp3) is 0.833. The van der Waals surface area contributed by atoms with Gasteiger partial charge in [-0.3, -0.25) is 9.59 Å². The van der Waals surface area contributed by atoms with Gasteiger partial charge in [-0.25, -0.2) is 0 Å². The highest BCUT2D eigenvalue weighted by Crippen LogP contribution is 2.31.